The molecule has 152 valence electrons. The quantitative estimate of drug-likeness (QED) is 0.789. The lowest BCUT2D eigenvalue weighted by Gasteiger charge is -2.44. The van der Waals surface area contributed by atoms with Crippen LogP contribution < -0.4 is 14.2 Å². The van der Waals surface area contributed by atoms with Gasteiger partial charge in [0, 0.05) is 31.5 Å². The molecule has 1 saturated heterocycles. The van der Waals surface area contributed by atoms with Gasteiger partial charge in [-0.1, -0.05) is 6.07 Å². The molecule has 2 heterocycles. The molecule has 0 saturated carbocycles. The third-order valence-electron chi connectivity index (χ3n) is 5.65. The fourth-order valence-electron chi connectivity index (χ4n) is 4.06. The zero-order chi connectivity index (χ0) is 20.4. The zero-order valence-corrected chi connectivity index (χ0v) is 16.8. The smallest absolute Gasteiger partial charge is 0.253 e. The average molecular weight is 395 g/mol. The van der Waals surface area contributed by atoms with Gasteiger partial charge < -0.3 is 19.1 Å². The largest absolute Gasteiger partial charge is 0.497 e. The van der Waals surface area contributed by atoms with Crippen LogP contribution in [0.5, 0.6) is 17.2 Å². The highest BCUT2D eigenvalue weighted by Crippen LogP contribution is 2.40. The van der Waals surface area contributed by atoms with Crippen LogP contribution in [0.4, 0.5) is 0 Å². The number of Topliss-reactive ketones (excluding diaryl/α,β-unsaturated/α-hetero) is 1. The highest BCUT2D eigenvalue weighted by atomic mass is 16.5. The fraction of sp³-hybridized carbons (Fsp3) is 0.391. The lowest BCUT2D eigenvalue weighted by molar-refractivity contribution is -0.00577. The van der Waals surface area contributed by atoms with Gasteiger partial charge in [-0.25, -0.2) is 0 Å². The number of ether oxygens (including phenoxy) is 3. The summed E-state index contributed by atoms with van der Waals surface area (Å²) in [5.74, 6) is 1.99. The Morgan fingerprint density at radius 2 is 1.93 bits per heavy atom. The first-order valence-corrected chi connectivity index (χ1v) is 9.96. The maximum atomic E-state index is 12.9. The summed E-state index contributed by atoms with van der Waals surface area (Å²) in [4.78, 5) is 27.5. The van der Waals surface area contributed by atoms with Crippen molar-refractivity contribution in [3.63, 3.8) is 0 Å². The monoisotopic (exact) mass is 395 g/mol. The van der Waals surface area contributed by atoms with Crippen molar-refractivity contribution in [3.8, 4) is 17.2 Å². The number of likely N-dealkylation sites (tertiary alicyclic amines) is 1. The molecule has 4 rings (SSSR count). The van der Waals surface area contributed by atoms with Crippen LogP contribution in [0.15, 0.2) is 42.5 Å². The fourth-order valence-corrected chi connectivity index (χ4v) is 4.06. The molecule has 1 amide bonds. The molecule has 6 heteroatoms. The summed E-state index contributed by atoms with van der Waals surface area (Å²) in [7, 11) is 1.58. The minimum atomic E-state index is -0.539. The van der Waals surface area contributed by atoms with E-state index in [0.29, 0.717) is 67.3 Å². The summed E-state index contributed by atoms with van der Waals surface area (Å²) in [5, 5.41) is 0. The number of methoxy groups -OCH3 is 1. The van der Waals surface area contributed by atoms with Crippen molar-refractivity contribution in [2.75, 3.05) is 26.8 Å². The van der Waals surface area contributed by atoms with E-state index in [1.165, 1.54) is 0 Å². The third-order valence-corrected chi connectivity index (χ3v) is 5.65. The van der Waals surface area contributed by atoms with E-state index in [2.05, 4.69) is 0 Å². The third kappa shape index (κ3) is 3.79. The Bertz CT molecular complexity index is 931. The highest BCUT2D eigenvalue weighted by Gasteiger charge is 2.43. The highest BCUT2D eigenvalue weighted by molar-refractivity contribution is 6.01. The minimum Gasteiger partial charge on any atom is -0.497 e. The van der Waals surface area contributed by atoms with Crippen LogP contribution in [0, 0.1) is 0 Å². The molecule has 0 bridgehead atoms. The number of hydrogen-bond donors (Lipinski definition) is 0. The maximum Gasteiger partial charge on any atom is 0.253 e. The summed E-state index contributed by atoms with van der Waals surface area (Å²) in [6, 6.07) is 12.6. The van der Waals surface area contributed by atoms with Gasteiger partial charge in [0.15, 0.2) is 5.78 Å². The molecule has 2 aromatic rings. The Kier molecular flexibility index (Phi) is 5.18. The number of hydrogen-bond acceptors (Lipinski definition) is 5. The van der Waals surface area contributed by atoms with E-state index in [4.69, 9.17) is 14.2 Å². The van der Waals surface area contributed by atoms with E-state index < -0.39 is 5.60 Å². The molecule has 0 atom stereocenters. The zero-order valence-electron chi connectivity index (χ0n) is 16.8. The second kappa shape index (κ2) is 7.78. The molecule has 0 N–H and O–H groups in total. The molecule has 29 heavy (non-hydrogen) atoms. The Balaban J connectivity index is 1.46. The molecule has 1 fully saturated rings. The summed E-state index contributed by atoms with van der Waals surface area (Å²) in [6.45, 7) is 3.58. The number of carbonyl (C=O) groups excluding carboxylic acids is 2. The van der Waals surface area contributed by atoms with E-state index >= 15 is 0 Å². The minimum absolute atomic E-state index is 0.0197. The van der Waals surface area contributed by atoms with E-state index in [1.54, 1.807) is 37.4 Å². The Hall–Kier alpha value is -3.02. The van der Waals surface area contributed by atoms with Gasteiger partial charge in [-0.3, -0.25) is 9.59 Å². The molecule has 2 aliphatic rings. The average Bonchev–Trinajstić information content (AvgIpc) is 2.74. The van der Waals surface area contributed by atoms with Crippen molar-refractivity contribution in [1.29, 1.82) is 0 Å². The number of nitrogens with zero attached hydrogens (tertiary/aromatic N) is 1. The van der Waals surface area contributed by atoms with Crippen LogP contribution in [0.3, 0.4) is 0 Å². The predicted molar refractivity (Wildman–Crippen MR) is 108 cm³/mol. The van der Waals surface area contributed by atoms with E-state index in [9.17, 15) is 9.59 Å². The molecule has 0 radical (unpaired) electrons. The van der Waals surface area contributed by atoms with Crippen LogP contribution in [-0.2, 0) is 0 Å². The maximum absolute atomic E-state index is 12.9. The Morgan fingerprint density at radius 1 is 1.14 bits per heavy atom. The lowest BCUT2D eigenvalue weighted by Crippen LogP contribution is -2.52. The normalized spacial score (nSPS) is 17.4. The number of ketones is 1. The standard InChI is InChI=1S/C23H25NO5/c1-3-28-18-6-4-5-16(13-18)22(26)24-11-9-23(10-12-24)15-20(25)19-14-17(27-2)7-8-21(19)29-23/h4-8,13-14H,3,9-12,15H2,1-2H3. The first-order valence-electron chi connectivity index (χ1n) is 9.96. The van der Waals surface area contributed by atoms with Crippen LogP contribution >= 0.6 is 0 Å². The van der Waals surface area contributed by atoms with Gasteiger partial charge >= 0.3 is 0 Å². The number of benzene rings is 2. The second-order valence-corrected chi connectivity index (χ2v) is 7.50. The van der Waals surface area contributed by atoms with Gasteiger partial charge in [-0.15, -0.1) is 0 Å². The molecule has 2 aromatic carbocycles. The molecule has 0 unspecified atom stereocenters. The first-order chi connectivity index (χ1) is 14.0. The van der Waals surface area contributed by atoms with Crippen LogP contribution in [-0.4, -0.2) is 49.0 Å². The van der Waals surface area contributed by atoms with Crippen molar-refractivity contribution in [1.82, 2.24) is 4.90 Å². The van der Waals surface area contributed by atoms with Crippen molar-refractivity contribution in [3.05, 3.63) is 53.6 Å². The SMILES string of the molecule is CCOc1cccc(C(=O)N2CCC3(CC2)CC(=O)c2cc(OC)ccc2O3)c1. The van der Waals surface area contributed by atoms with E-state index in [-0.39, 0.29) is 11.7 Å². The number of fused-ring (bicyclic) bond motifs is 1. The lowest BCUT2D eigenvalue weighted by atomic mass is 9.82. The summed E-state index contributed by atoms with van der Waals surface area (Å²) in [5.41, 5.74) is 0.647. The molecular formula is C23H25NO5. The molecule has 1 spiro atoms. The summed E-state index contributed by atoms with van der Waals surface area (Å²) >= 11 is 0. The van der Waals surface area contributed by atoms with E-state index in [1.807, 2.05) is 24.0 Å². The topological polar surface area (TPSA) is 65.1 Å². The molecule has 0 aliphatic carbocycles. The van der Waals surface area contributed by atoms with Crippen LogP contribution in [0.1, 0.15) is 46.9 Å². The molecule has 2 aliphatic heterocycles. The van der Waals surface area contributed by atoms with Gasteiger partial charge in [-0.05, 0) is 43.3 Å². The first kappa shape index (κ1) is 19.3. The van der Waals surface area contributed by atoms with Crippen LogP contribution in [0.2, 0.25) is 0 Å². The number of carbonyl (C=O) groups is 2. The Labute approximate surface area is 170 Å². The molecular weight excluding hydrogens is 370 g/mol. The van der Waals surface area contributed by atoms with Crippen molar-refractivity contribution in [2.24, 2.45) is 0 Å². The van der Waals surface area contributed by atoms with Gasteiger partial charge in [0.2, 0.25) is 0 Å². The van der Waals surface area contributed by atoms with Gasteiger partial charge in [-0.2, -0.15) is 0 Å². The van der Waals surface area contributed by atoms with Gasteiger partial charge in [0.05, 0.1) is 25.7 Å². The number of piperidine rings is 1. The molecule has 6 nitrogen and oxygen atoms in total. The van der Waals surface area contributed by atoms with E-state index in [0.717, 1.165) is 0 Å². The second-order valence-electron chi connectivity index (χ2n) is 7.50. The Morgan fingerprint density at radius 3 is 2.66 bits per heavy atom. The van der Waals surface area contributed by atoms with Crippen molar-refractivity contribution >= 4 is 11.7 Å². The van der Waals surface area contributed by atoms with Gasteiger partial charge in [0.25, 0.3) is 5.91 Å². The predicted octanol–water partition coefficient (Wildman–Crippen LogP) is 3.73. The summed E-state index contributed by atoms with van der Waals surface area (Å²) in [6.07, 6.45) is 1.58. The van der Waals surface area contributed by atoms with Gasteiger partial charge in [0.1, 0.15) is 22.8 Å². The van der Waals surface area contributed by atoms with Crippen LogP contribution in [0.25, 0.3) is 0 Å². The van der Waals surface area contributed by atoms with Crippen molar-refractivity contribution in [2.45, 2.75) is 31.8 Å². The number of amides is 1. The number of rotatable bonds is 4. The molecule has 0 aromatic heterocycles. The van der Waals surface area contributed by atoms with Crippen molar-refractivity contribution < 1.29 is 23.8 Å². The summed E-state index contributed by atoms with van der Waals surface area (Å²) < 4.78 is 17.0.